The number of carbonyl (C=O) groups excluding carboxylic acids is 1. The first-order valence-electron chi connectivity index (χ1n) is 3.99. The highest BCUT2D eigenvalue weighted by atomic mass is 19.4. The Balaban J connectivity index is 2.55. The molecule has 1 aliphatic heterocycles. The average Bonchev–Trinajstić information content (AvgIpc) is 2.32. The number of nitrogens with two attached hydrogens (primary N) is 1. The van der Waals surface area contributed by atoms with Crippen LogP contribution in [0.3, 0.4) is 0 Å². The summed E-state index contributed by atoms with van der Waals surface area (Å²) in [6.07, 6.45) is -4.69. The fourth-order valence-corrected chi connectivity index (χ4v) is 1.36. The molecule has 1 atom stereocenters. The molecule has 1 fully saturated rings. The van der Waals surface area contributed by atoms with Crippen molar-refractivity contribution >= 4 is 5.91 Å². The van der Waals surface area contributed by atoms with E-state index in [0.29, 0.717) is 0 Å². The molecule has 0 bridgehead atoms. The summed E-state index contributed by atoms with van der Waals surface area (Å²) in [5, 5.41) is 0. The molecular formula is C7H11F3N2O. The van der Waals surface area contributed by atoms with Gasteiger partial charge >= 0.3 is 6.18 Å². The predicted octanol–water partition coefficient (Wildman–Crippen LogP) is 0.356. The van der Waals surface area contributed by atoms with E-state index in [1.807, 2.05) is 0 Å². The zero-order valence-electron chi connectivity index (χ0n) is 6.97. The second-order valence-corrected chi connectivity index (χ2v) is 3.07. The molecule has 3 nitrogen and oxygen atoms in total. The van der Waals surface area contributed by atoms with Gasteiger partial charge in [-0.1, -0.05) is 0 Å². The van der Waals surface area contributed by atoms with Gasteiger partial charge in [-0.05, 0) is 0 Å². The topological polar surface area (TPSA) is 46.3 Å². The summed E-state index contributed by atoms with van der Waals surface area (Å²) in [5.74, 6) is -1.96. The minimum absolute atomic E-state index is 0.205. The lowest BCUT2D eigenvalue weighted by molar-refractivity contribution is -0.171. The normalized spacial score (nSPS) is 24.2. The smallest absolute Gasteiger partial charge is 0.341 e. The van der Waals surface area contributed by atoms with E-state index in [0.717, 1.165) is 4.90 Å². The summed E-state index contributed by atoms with van der Waals surface area (Å²) in [6.45, 7) is 0.182. The number of rotatable bonds is 2. The van der Waals surface area contributed by atoms with E-state index in [1.54, 1.807) is 0 Å². The number of nitrogens with zero attached hydrogens (tertiary/aromatic N) is 1. The highest BCUT2D eigenvalue weighted by Crippen LogP contribution is 2.33. The lowest BCUT2D eigenvalue weighted by atomic mass is 10.1. The summed E-state index contributed by atoms with van der Waals surface area (Å²) >= 11 is 0. The van der Waals surface area contributed by atoms with Crippen molar-refractivity contribution < 1.29 is 18.0 Å². The maximum absolute atomic E-state index is 12.1. The van der Waals surface area contributed by atoms with Crippen molar-refractivity contribution in [2.45, 2.75) is 12.6 Å². The summed E-state index contributed by atoms with van der Waals surface area (Å²) in [7, 11) is 0. The van der Waals surface area contributed by atoms with Crippen molar-refractivity contribution in [3.8, 4) is 0 Å². The lowest BCUT2D eigenvalue weighted by Crippen LogP contribution is -2.32. The van der Waals surface area contributed by atoms with Crippen molar-refractivity contribution in [1.29, 1.82) is 0 Å². The van der Waals surface area contributed by atoms with Gasteiger partial charge in [0.05, 0.1) is 5.92 Å². The molecule has 0 aromatic rings. The molecule has 6 heteroatoms. The van der Waals surface area contributed by atoms with E-state index in [9.17, 15) is 18.0 Å². The van der Waals surface area contributed by atoms with Crippen LogP contribution in [-0.4, -0.2) is 36.6 Å². The predicted molar refractivity (Wildman–Crippen MR) is 39.8 cm³/mol. The Hall–Kier alpha value is -0.780. The molecule has 1 amide bonds. The number of carbonyl (C=O) groups is 1. The Morgan fingerprint density at radius 2 is 2.15 bits per heavy atom. The van der Waals surface area contributed by atoms with E-state index >= 15 is 0 Å². The Morgan fingerprint density at radius 3 is 2.54 bits per heavy atom. The average molecular weight is 196 g/mol. The zero-order chi connectivity index (χ0) is 10.1. The summed E-state index contributed by atoms with van der Waals surface area (Å²) < 4.78 is 36.4. The number of hydrogen-bond donors (Lipinski definition) is 1. The summed E-state index contributed by atoms with van der Waals surface area (Å²) in [5.41, 5.74) is 5.15. The molecule has 13 heavy (non-hydrogen) atoms. The fraction of sp³-hybridized carbons (Fsp3) is 0.857. The number of hydrogen-bond acceptors (Lipinski definition) is 2. The van der Waals surface area contributed by atoms with E-state index < -0.39 is 24.4 Å². The second kappa shape index (κ2) is 3.53. The molecule has 0 aliphatic carbocycles. The molecular weight excluding hydrogens is 185 g/mol. The quantitative estimate of drug-likeness (QED) is 0.693. The first-order valence-corrected chi connectivity index (χ1v) is 3.99. The zero-order valence-corrected chi connectivity index (χ0v) is 6.97. The Labute approximate surface area is 73.7 Å². The van der Waals surface area contributed by atoms with Crippen LogP contribution in [0.1, 0.15) is 6.42 Å². The maximum Gasteiger partial charge on any atom is 0.394 e. The van der Waals surface area contributed by atoms with Gasteiger partial charge in [0.1, 0.15) is 0 Å². The first kappa shape index (κ1) is 10.3. The molecule has 1 rings (SSSR count). The van der Waals surface area contributed by atoms with Crippen LogP contribution in [0.25, 0.3) is 0 Å². The van der Waals surface area contributed by atoms with Crippen LogP contribution < -0.4 is 5.73 Å². The van der Waals surface area contributed by atoms with Crippen LogP contribution in [0.2, 0.25) is 0 Å². The molecule has 0 aromatic carbocycles. The molecule has 0 radical (unpaired) electrons. The van der Waals surface area contributed by atoms with Crippen molar-refractivity contribution in [2.75, 3.05) is 19.6 Å². The van der Waals surface area contributed by atoms with E-state index in [-0.39, 0.29) is 19.6 Å². The van der Waals surface area contributed by atoms with E-state index in [2.05, 4.69) is 0 Å². The third kappa shape index (κ3) is 2.33. The van der Waals surface area contributed by atoms with Gasteiger partial charge in [-0.3, -0.25) is 4.79 Å². The van der Waals surface area contributed by atoms with Gasteiger partial charge in [0, 0.05) is 26.1 Å². The van der Waals surface area contributed by atoms with Gasteiger partial charge in [0.2, 0.25) is 5.91 Å². The molecule has 1 aliphatic rings. The highest BCUT2D eigenvalue weighted by Gasteiger charge is 2.46. The molecule has 76 valence electrons. The SMILES string of the molecule is NCCN1CC(C(F)(F)F)CC1=O. The number of amides is 1. The van der Waals surface area contributed by atoms with Crippen molar-refractivity contribution in [3.63, 3.8) is 0 Å². The molecule has 2 N–H and O–H groups in total. The Kier molecular flexibility index (Phi) is 2.80. The highest BCUT2D eigenvalue weighted by molar-refractivity contribution is 5.78. The van der Waals surface area contributed by atoms with E-state index in [1.165, 1.54) is 0 Å². The summed E-state index contributed by atoms with van der Waals surface area (Å²) in [4.78, 5) is 12.2. The van der Waals surface area contributed by atoms with Gasteiger partial charge in [0.25, 0.3) is 0 Å². The van der Waals surface area contributed by atoms with Crippen LogP contribution in [0, 0.1) is 5.92 Å². The van der Waals surface area contributed by atoms with Crippen LogP contribution in [0.5, 0.6) is 0 Å². The molecule has 1 unspecified atom stereocenters. The van der Waals surface area contributed by atoms with Gasteiger partial charge in [-0.2, -0.15) is 13.2 Å². The standard InChI is InChI=1S/C7H11F3N2O/c8-7(9,10)5-3-6(13)12(4-5)2-1-11/h5H,1-4,11H2. The largest absolute Gasteiger partial charge is 0.394 e. The monoisotopic (exact) mass is 196 g/mol. The van der Waals surface area contributed by atoms with Gasteiger partial charge in [0.15, 0.2) is 0 Å². The number of alkyl halides is 3. The van der Waals surface area contributed by atoms with Gasteiger partial charge in [-0.25, -0.2) is 0 Å². The van der Waals surface area contributed by atoms with Crippen LogP contribution in [0.4, 0.5) is 13.2 Å². The maximum atomic E-state index is 12.1. The minimum Gasteiger partial charge on any atom is -0.341 e. The second-order valence-electron chi connectivity index (χ2n) is 3.07. The van der Waals surface area contributed by atoms with Gasteiger partial charge in [-0.15, -0.1) is 0 Å². The Bertz CT molecular complexity index is 204. The number of halogens is 3. The van der Waals surface area contributed by atoms with Crippen molar-refractivity contribution in [1.82, 2.24) is 4.90 Å². The molecule has 0 spiro atoms. The van der Waals surface area contributed by atoms with Crippen LogP contribution in [-0.2, 0) is 4.79 Å². The minimum atomic E-state index is -4.26. The number of likely N-dealkylation sites (tertiary alicyclic amines) is 1. The van der Waals surface area contributed by atoms with Crippen molar-refractivity contribution in [2.24, 2.45) is 11.7 Å². The molecule has 0 aromatic heterocycles. The fourth-order valence-electron chi connectivity index (χ4n) is 1.36. The Morgan fingerprint density at radius 1 is 1.54 bits per heavy atom. The third-order valence-corrected chi connectivity index (χ3v) is 2.08. The van der Waals surface area contributed by atoms with Crippen molar-refractivity contribution in [3.05, 3.63) is 0 Å². The molecule has 0 saturated carbocycles. The van der Waals surface area contributed by atoms with Crippen LogP contribution >= 0.6 is 0 Å². The third-order valence-electron chi connectivity index (χ3n) is 2.08. The first-order chi connectivity index (χ1) is 5.95. The van der Waals surface area contributed by atoms with E-state index in [4.69, 9.17) is 5.73 Å². The lowest BCUT2D eigenvalue weighted by Gasteiger charge is -2.16. The van der Waals surface area contributed by atoms with Crippen LogP contribution in [0.15, 0.2) is 0 Å². The summed E-state index contributed by atoms with van der Waals surface area (Å²) in [6, 6.07) is 0. The molecule has 1 saturated heterocycles. The van der Waals surface area contributed by atoms with Gasteiger partial charge < -0.3 is 10.6 Å². The molecule has 1 heterocycles.